The van der Waals surface area contributed by atoms with Crippen molar-refractivity contribution >= 4 is 32.4 Å². The Bertz CT molecular complexity index is 1180. The molecule has 0 unspecified atom stereocenters. The molecule has 7 nitrogen and oxygen atoms in total. The fourth-order valence-corrected chi connectivity index (χ4v) is 5.60. The number of thiazole rings is 1. The van der Waals surface area contributed by atoms with E-state index in [0.29, 0.717) is 23.8 Å². The molecule has 0 atom stereocenters. The number of amides is 1. The number of aromatic nitrogens is 1. The summed E-state index contributed by atoms with van der Waals surface area (Å²) in [7, 11) is -1.99. The molecule has 34 heavy (non-hydrogen) atoms. The SMILES string of the molecule is CCCCN(CCCC)S(=O)(=O)c1ccc(C(=O)Nc2nc(-c3cccc(OC)c3)cs2)cc1. The van der Waals surface area contributed by atoms with Gasteiger partial charge in [0.15, 0.2) is 5.13 Å². The summed E-state index contributed by atoms with van der Waals surface area (Å²) in [5.74, 6) is 0.387. The van der Waals surface area contributed by atoms with Crippen molar-refractivity contribution in [3.05, 3.63) is 59.5 Å². The third-order valence-electron chi connectivity index (χ3n) is 5.37. The van der Waals surface area contributed by atoms with Crippen molar-refractivity contribution in [2.45, 2.75) is 44.4 Å². The molecule has 3 aromatic rings. The Morgan fingerprint density at radius 3 is 2.35 bits per heavy atom. The molecule has 1 aromatic heterocycles. The van der Waals surface area contributed by atoms with Gasteiger partial charge in [0.2, 0.25) is 10.0 Å². The maximum absolute atomic E-state index is 13.1. The van der Waals surface area contributed by atoms with Crippen LogP contribution in [0.5, 0.6) is 5.75 Å². The molecule has 1 amide bonds. The summed E-state index contributed by atoms with van der Waals surface area (Å²) in [6.07, 6.45) is 3.48. The van der Waals surface area contributed by atoms with Crippen molar-refractivity contribution in [1.82, 2.24) is 9.29 Å². The van der Waals surface area contributed by atoms with Crippen LogP contribution in [-0.2, 0) is 10.0 Å². The summed E-state index contributed by atoms with van der Waals surface area (Å²) in [4.78, 5) is 17.4. The summed E-state index contributed by atoms with van der Waals surface area (Å²) in [5.41, 5.74) is 1.99. The molecule has 1 N–H and O–H groups in total. The third-order valence-corrected chi connectivity index (χ3v) is 8.04. The average Bonchev–Trinajstić information content (AvgIpc) is 3.32. The fraction of sp³-hybridized carbons (Fsp3) is 0.360. The Balaban J connectivity index is 1.70. The number of rotatable bonds is 12. The van der Waals surface area contributed by atoms with Gasteiger partial charge in [-0.25, -0.2) is 13.4 Å². The van der Waals surface area contributed by atoms with E-state index in [1.807, 2.05) is 43.5 Å². The molecule has 0 spiro atoms. The highest BCUT2D eigenvalue weighted by molar-refractivity contribution is 7.89. The van der Waals surface area contributed by atoms with Gasteiger partial charge >= 0.3 is 0 Å². The van der Waals surface area contributed by atoms with Gasteiger partial charge in [-0.3, -0.25) is 10.1 Å². The van der Waals surface area contributed by atoms with Crippen LogP contribution < -0.4 is 10.1 Å². The topological polar surface area (TPSA) is 88.6 Å². The van der Waals surface area contributed by atoms with E-state index in [1.54, 1.807) is 11.4 Å². The van der Waals surface area contributed by atoms with E-state index >= 15 is 0 Å². The molecule has 0 radical (unpaired) electrons. The zero-order valence-electron chi connectivity index (χ0n) is 19.8. The predicted molar refractivity (Wildman–Crippen MR) is 137 cm³/mol. The largest absolute Gasteiger partial charge is 0.497 e. The lowest BCUT2D eigenvalue weighted by Crippen LogP contribution is -2.33. The van der Waals surface area contributed by atoms with Crippen LogP contribution in [0.1, 0.15) is 49.9 Å². The van der Waals surface area contributed by atoms with E-state index < -0.39 is 10.0 Å². The first-order valence-corrected chi connectivity index (χ1v) is 13.7. The number of ether oxygens (including phenoxy) is 1. The highest BCUT2D eigenvalue weighted by Gasteiger charge is 2.24. The molecular formula is C25H31N3O4S2. The van der Waals surface area contributed by atoms with Gasteiger partial charge in [-0.2, -0.15) is 4.31 Å². The van der Waals surface area contributed by atoms with Crippen LogP contribution in [0, 0.1) is 0 Å². The lowest BCUT2D eigenvalue weighted by atomic mass is 10.2. The minimum absolute atomic E-state index is 0.200. The van der Waals surface area contributed by atoms with Crippen molar-refractivity contribution in [2.75, 3.05) is 25.5 Å². The Morgan fingerprint density at radius 1 is 1.06 bits per heavy atom. The molecule has 2 aromatic carbocycles. The maximum atomic E-state index is 13.1. The van der Waals surface area contributed by atoms with Crippen LogP contribution in [0.2, 0.25) is 0 Å². The highest BCUT2D eigenvalue weighted by Crippen LogP contribution is 2.28. The predicted octanol–water partition coefficient (Wildman–Crippen LogP) is 5.66. The molecule has 3 rings (SSSR count). The van der Waals surface area contributed by atoms with Crippen LogP contribution in [0.25, 0.3) is 11.3 Å². The number of methoxy groups -OCH3 is 1. The monoisotopic (exact) mass is 501 g/mol. The Morgan fingerprint density at radius 2 is 1.74 bits per heavy atom. The van der Waals surface area contributed by atoms with E-state index in [1.165, 1.54) is 35.6 Å². The molecule has 0 bridgehead atoms. The second kappa shape index (κ2) is 12.1. The maximum Gasteiger partial charge on any atom is 0.257 e. The van der Waals surface area contributed by atoms with Gasteiger partial charge in [0.05, 0.1) is 17.7 Å². The first-order valence-electron chi connectivity index (χ1n) is 11.4. The second-order valence-corrected chi connectivity index (χ2v) is 10.7. The standard InChI is InChI=1S/C25H31N3O4S2/c1-4-6-15-28(16-7-5-2)34(30,31)22-13-11-19(12-14-22)24(29)27-25-26-23(18-33-25)20-9-8-10-21(17-20)32-3/h8-14,17-18H,4-7,15-16H2,1-3H3,(H,26,27,29). The summed E-state index contributed by atoms with van der Waals surface area (Å²) >= 11 is 1.32. The lowest BCUT2D eigenvalue weighted by Gasteiger charge is -2.22. The summed E-state index contributed by atoms with van der Waals surface area (Å²) in [6.45, 7) is 5.09. The first-order chi connectivity index (χ1) is 16.4. The number of carbonyl (C=O) groups excluding carboxylic acids is 1. The number of hydrogen-bond acceptors (Lipinski definition) is 6. The minimum Gasteiger partial charge on any atom is -0.497 e. The molecule has 0 aliphatic heterocycles. The zero-order valence-corrected chi connectivity index (χ0v) is 21.4. The van der Waals surface area contributed by atoms with Crippen LogP contribution in [0.15, 0.2) is 58.8 Å². The molecule has 1 heterocycles. The van der Waals surface area contributed by atoms with Gasteiger partial charge in [0.1, 0.15) is 5.75 Å². The molecule has 182 valence electrons. The van der Waals surface area contributed by atoms with Crippen LogP contribution in [0.3, 0.4) is 0 Å². The van der Waals surface area contributed by atoms with Crippen LogP contribution in [-0.4, -0.2) is 43.8 Å². The van der Waals surface area contributed by atoms with E-state index in [2.05, 4.69) is 10.3 Å². The number of carbonyl (C=O) groups is 1. The number of nitrogens with one attached hydrogen (secondary N) is 1. The lowest BCUT2D eigenvalue weighted by molar-refractivity contribution is 0.102. The zero-order chi connectivity index (χ0) is 24.6. The number of nitrogens with zero attached hydrogens (tertiary/aromatic N) is 2. The number of hydrogen-bond donors (Lipinski definition) is 1. The average molecular weight is 502 g/mol. The summed E-state index contributed by atoms with van der Waals surface area (Å²) in [6, 6.07) is 13.6. The molecule has 0 aliphatic rings. The molecule has 0 aliphatic carbocycles. The molecule has 0 fully saturated rings. The van der Waals surface area contributed by atoms with Crippen molar-refractivity contribution < 1.29 is 17.9 Å². The third kappa shape index (κ3) is 6.43. The van der Waals surface area contributed by atoms with E-state index in [9.17, 15) is 13.2 Å². The first kappa shape index (κ1) is 25.9. The molecule has 0 saturated carbocycles. The van der Waals surface area contributed by atoms with Crippen molar-refractivity contribution in [3.63, 3.8) is 0 Å². The summed E-state index contributed by atoms with van der Waals surface area (Å²) in [5, 5.41) is 5.12. The van der Waals surface area contributed by atoms with Crippen LogP contribution in [0.4, 0.5) is 5.13 Å². The Hall–Kier alpha value is -2.75. The molecular weight excluding hydrogens is 470 g/mol. The van der Waals surface area contributed by atoms with Gasteiger partial charge in [0.25, 0.3) is 5.91 Å². The normalized spacial score (nSPS) is 11.5. The number of anilines is 1. The number of unbranched alkanes of at least 4 members (excludes halogenated alkanes) is 2. The Labute approximate surface area is 205 Å². The van der Waals surface area contributed by atoms with Gasteiger partial charge < -0.3 is 4.74 Å². The van der Waals surface area contributed by atoms with Gasteiger partial charge in [-0.1, -0.05) is 38.8 Å². The van der Waals surface area contributed by atoms with Crippen LogP contribution >= 0.6 is 11.3 Å². The van der Waals surface area contributed by atoms with Crippen molar-refractivity contribution in [1.29, 1.82) is 0 Å². The Kier molecular flexibility index (Phi) is 9.20. The quantitative estimate of drug-likeness (QED) is 0.346. The van der Waals surface area contributed by atoms with Crippen molar-refractivity contribution in [2.24, 2.45) is 0 Å². The summed E-state index contributed by atoms with van der Waals surface area (Å²) < 4.78 is 33.0. The van der Waals surface area contributed by atoms with Gasteiger partial charge in [-0.15, -0.1) is 11.3 Å². The number of benzene rings is 2. The number of sulfonamides is 1. The van der Waals surface area contributed by atoms with E-state index in [0.717, 1.165) is 42.7 Å². The van der Waals surface area contributed by atoms with Gasteiger partial charge in [-0.05, 0) is 49.2 Å². The fourth-order valence-electron chi connectivity index (χ4n) is 3.36. The van der Waals surface area contributed by atoms with Gasteiger partial charge in [0, 0.05) is 29.6 Å². The smallest absolute Gasteiger partial charge is 0.257 e. The highest BCUT2D eigenvalue weighted by atomic mass is 32.2. The second-order valence-electron chi connectivity index (χ2n) is 7.86. The van der Waals surface area contributed by atoms with E-state index in [4.69, 9.17) is 4.74 Å². The van der Waals surface area contributed by atoms with E-state index in [-0.39, 0.29) is 10.8 Å². The molecule has 9 heteroatoms. The molecule has 0 saturated heterocycles. The van der Waals surface area contributed by atoms with Crippen molar-refractivity contribution in [3.8, 4) is 17.0 Å². The minimum atomic E-state index is -3.60.